The molecule has 0 bridgehead atoms. The maximum atomic E-state index is 12.7. The molecular weight excluding hydrogens is 397 g/mol. The summed E-state index contributed by atoms with van der Waals surface area (Å²) in [6.45, 7) is 4.06. The first-order chi connectivity index (χ1) is 12.8. The molecule has 1 aromatic heterocycles. The summed E-state index contributed by atoms with van der Waals surface area (Å²) in [7, 11) is 0. The van der Waals surface area contributed by atoms with E-state index in [1.54, 1.807) is 18.3 Å². The van der Waals surface area contributed by atoms with Gasteiger partial charge in [0.25, 0.3) is 0 Å². The van der Waals surface area contributed by atoms with Gasteiger partial charge in [0.15, 0.2) is 5.11 Å². The highest BCUT2D eigenvalue weighted by Crippen LogP contribution is 2.30. The van der Waals surface area contributed by atoms with E-state index in [-0.39, 0.29) is 6.04 Å². The number of halogens is 4. The molecule has 1 N–H and O–H groups in total. The van der Waals surface area contributed by atoms with Crippen LogP contribution in [-0.2, 0) is 6.18 Å². The molecule has 0 aliphatic carbocycles. The quantitative estimate of drug-likeness (QED) is 0.722. The Balaban J connectivity index is 1.62. The van der Waals surface area contributed by atoms with Gasteiger partial charge in [0.05, 0.1) is 10.6 Å². The maximum absolute atomic E-state index is 12.7. The standard InChI is InChI=1S/C18H18ClF3N4S/c1-12-11-25(16-15(19)3-2-8-23-16)9-10-26(12)17(27)24-14-6-4-13(5-7-14)18(20,21)22/h2-8,12H,9-11H2,1H3,(H,24,27)/t12-/m1/s1. The number of pyridine rings is 1. The summed E-state index contributed by atoms with van der Waals surface area (Å²) < 4.78 is 38.0. The summed E-state index contributed by atoms with van der Waals surface area (Å²) in [6, 6.07) is 8.51. The lowest BCUT2D eigenvalue weighted by Gasteiger charge is -2.41. The van der Waals surface area contributed by atoms with Gasteiger partial charge in [-0.1, -0.05) is 11.6 Å². The fourth-order valence-corrected chi connectivity index (χ4v) is 3.63. The molecule has 1 aliphatic heterocycles. The molecule has 27 heavy (non-hydrogen) atoms. The summed E-state index contributed by atoms with van der Waals surface area (Å²) in [5.74, 6) is 0.743. The van der Waals surface area contributed by atoms with E-state index in [1.165, 1.54) is 12.1 Å². The lowest BCUT2D eigenvalue weighted by atomic mass is 10.2. The van der Waals surface area contributed by atoms with Gasteiger partial charge in [-0.05, 0) is 55.5 Å². The number of rotatable bonds is 2. The van der Waals surface area contributed by atoms with Gasteiger partial charge in [0.1, 0.15) is 5.82 Å². The topological polar surface area (TPSA) is 31.4 Å². The molecule has 0 spiro atoms. The lowest BCUT2D eigenvalue weighted by Crippen LogP contribution is -2.55. The van der Waals surface area contributed by atoms with Gasteiger partial charge < -0.3 is 15.1 Å². The van der Waals surface area contributed by atoms with Crippen LogP contribution >= 0.6 is 23.8 Å². The van der Waals surface area contributed by atoms with Crippen LogP contribution in [0.4, 0.5) is 24.7 Å². The minimum atomic E-state index is -4.35. The zero-order chi connectivity index (χ0) is 19.6. The third-order valence-corrected chi connectivity index (χ3v) is 5.02. The maximum Gasteiger partial charge on any atom is 0.416 e. The van der Waals surface area contributed by atoms with Crippen molar-refractivity contribution in [1.29, 1.82) is 0 Å². The van der Waals surface area contributed by atoms with Crippen molar-refractivity contribution in [2.75, 3.05) is 29.9 Å². The average Bonchev–Trinajstić information content (AvgIpc) is 2.61. The monoisotopic (exact) mass is 414 g/mol. The van der Waals surface area contributed by atoms with Crippen molar-refractivity contribution in [3.05, 3.63) is 53.2 Å². The molecule has 0 radical (unpaired) electrons. The van der Waals surface area contributed by atoms with Crippen LogP contribution in [-0.4, -0.2) is 40.7 Å². The van der Waals surface area contributed by atoms with E-state index < -0.39 is 11.7 Å². The molecule has 0 unspecified atom stereocenters. The average molecular weight is 415 g/mol. The molecule has 2 aromatic rings. The van der Waals surface area contributed by atoms with E-state index in [0.29, 0.717) is 35.5 Å². The molecule has 1 saturated heterocycles. The third-order valence-electron chi connectivity index (χ3n) is 4.39. The number of hydrogen-bond acceptors (Lipinski definition) is 3. The van der Waals surface area contributed by atoms with E-state index in [9.17, 15) is 13.2 Å². The molecule has 2 heterocycles. The largest absolute Gasteiger partial charge is 0.416 e. The van der Waals surface area contributed by atoms with Crippen LogP contribution in [0.2, 0.25) is 5.02 Å². The van der Waals surface area contributed by atoms with Crippen molar-refractivity contribution < 1.29 is 13.2 Å². The second-order valence-corrected chi connectivity index (χ2v) is 7.10. The first kappa shape index (κ1) is 19.7. The number of benzene rings is 1. The van der Waals surface area contributed by atoms with Crippen LogP contribution in [0.1, 0.15) is 12.5 Å². The molecule has 0 saturated carbocycles. The second-order valence-electron chi connectivity index (χ2n) is 6.30. The molecule has 3 rings (SSSR count). The van der Waals surface area contributed by atoms with Crippen molar-refractivity contribution >= 4 is 40.4 Å². The molecule has 1 fully saturated rings. The molecule has 1 aromatic carbocycles. The fraction of sp³-hybridized carbons (Fsp3) is 0.333. The van der Waals surface area contributed by atoms with Crippen LogP contribution in [0.5, 0.6) is 0 Å². The van der Waals surface area contributed by atoms with Crippen LogP contribution in [0.15, 0.2) is 42.6 Å². The van der Waals surface area contributed by atoms with Crippen LogP contribution in [0, 0.1) is 0 Å². The number of piperazine rings is 1. The number of aromatic nitrogens is 1. The zero-order valence-electron chi connectivity index (χ0n) is 14.5. The summed E-state index contributed by atoms with van der Waals surface area (Å²) in [4.78, 5) is 8.45. The Labute approximate surface area is 165 Å². The van der Waals surface area contributed by atoms with Crippen molar-refractivity contribution in [3.63, 3.8) is 0 Å². The highest BCUT2D eigenvalue weighted by molar-refractivity contribution is 7.80. The first-order valence-corrected chi connectivity index (χ1v) is 9.14. The van der Waals surface area contributed by atoms with Gasteiger partial charge in [0.2, 0.25) is 0 Å². The Kier molecular flexibility index (Phi) is 5.76. The smallest absolute Gasteiger partial charge is 0.352 e. The number of alkyl halides is 3. The van der Waals surface area contributed by atoms with Crippen molar-refractivity contribution in [1.82, 2.24) is 9.88 Å². The van der Waals surface area contributed by atoms with Gasteiger partial charge in [-0.2, -0.15) is 13.2 Å². The minimum absolute atomic E-state index is 0.0891. The van der Waals surface area contributed by atoms with E-state index in [0.717, 1.165) is 18.0 Å². The Morgan fingerprint density at radius 2 is 1.93 bits per heavy atom. The molecule has 1 atom stereocenters. The summed E-state index contributed by atoms with van der Waals surface area (Å²) in [6.07, 6.45) is -2.65. The van der Waals surface area contributed by atoms with Crippen molar-refractivity contribution in [2.45, 2.75) is 19.1 Å². The molecular formula is C18H18ClF3N4S. The van der Waals surface area contributed by atoms with Gasteiger partial charge in [-0.3, -0.25) is 0 Å². The Morgan fingerprint density at radius 1 is 1.22 bits per heavy atom. The van der Waals surface area contributed by atoms with E-state index in [4.69, 9.17) is 23.8 Å². The zero-order valence-corrected chi connectivity index (χ0v) is 16.1. The van der Waals surface area contributed by atoms with Gasteiger partial charge >= 0.3 is 6.18 Å². The lowest BCUT2D eigenvalue weighted by molar-refractivity contribution is -0.137. The molecule has 4 nitrogen and oxygen atoms in total. The number of thiocarbonyl (C=S) groups is 1. The van der Waals surface area contributed by atoms with E-state index >= 15 is 0 Å². The van der Waals surface area contributed by atoms with Crippen LogP contribution < -0.4 is 10.2 Å². The van der Waals surface area contributed by atoms with Crippen LogP contribution in [0.25, 0.3) is 0 Å². The first-order valence-electron chi connectivity index (χ1n) is 8.36. The Hall–Kier alpha value is -2.06. The normalized spacial score (nSPS) is 17.7. The van der Waals surface area contributed by atoms with E-state index in [2.05, 4.69) is 15.2 Å². The highest BCUT2D eigenvalue weighted by Gasteiger charge is 2.30. The Bertz CT molecular complexity index is 813. The third kappa shape index (κ3) is 4.62. The number of nitrogens with one attached hydrogen (secondary N) is 1. The summed E-state index contributed by atoms with van der Waals surface area (Å²) >= 11 is 11.7. The Morgan fingerprint density at radius 3 is 2.52 bits per heavy atom. The molecule has 9 heteroatoms. The predicted octanol–water partition coefficient (Wildman–Crippen LogP) is 4.66. The minimum Gasteiger partial charge on any atom is -0.352 e. The van der Waals surface area contributed by atoms with Crippen molar-refractivity contribution in [2.24, 2.45) is 0 Å². The number of anilines is 2. The molecule has 0 amide bonds. The van der Waals surface area contributed by atoms with E-state index in [1.807, 2.05) is 11.8 Å². The molecule has 1 aliphatic rings. The van der Waals surface area contributed by atoms with Gasteiger partial charge in [-0.15, -0.1) is 0 Å². The number of hydrogen-bond donors (Lipinski definition) is 1. The number of nitrogens with zero attached hydrogens (tertiary/aromatic N) is 3. The van der Waals surface area contributed by atoms with Crippen LogP contribution in [0.3, 0.4) is 0 Å². The summed E-state index contributed by atoms with van der Waals surface area (Å²) in [5, 5.41) is 4.10. The summed E-state index contributed by atoms with van der Waals surface area (Å²) in [5.41, 5.74) is -0.163. The van der Waals surface area contributed by atoms with Gasteiger partial charge in [0, 0.05) is 37.6 Å². The fourth-order valence-electron chi connectivity index (χ4n) is 3.00. The predicted molar refractivity (Wildman–Crippen MR) is 105 cm³/mol. The highest BCUT2D eigenvalue weighted by atomic mass is 35.5. The molecule has 144 valence electrons. The van der Waals surface area contributed by atoms with Crippen molar-refractivity contribution in [3.8, 4) is 0 Å². The second kappa shape index (κ2) is 7.90. The van der Waals surface area contributed by atoms with Gasteiger partial charge in [-0.25, -0.2) is 4.98 Å². The SMILES string of the molecule is C[C@@H]1CN(c2ncccc2Cl)CCN1C(=S)Nc1ccc(C(F)(F)F)cc1.